The van der Waals surface area contributed by atoms with E-state index in [1.807, 2.05) is 33.9 Å². The van der Waals surface area contributed by atoms with Gasteiger partial charge in [0.2, 0.25) is 0 Å². The number of morpholine rings is 1. The zero-order valence-electron chi connectivity index (χ0n) is 18.1. The normalized spacial score (nSPS) is 14.1. The number of imidazole rings is 1. The summed E-state index contributed by atoms with van der Waals surface area (Å²) in [5, 5.41) is 13.7. The molecule has 1 aliphatic heterocycles. The van der Waals surface area contributed by atoms with E-state index in [2.05, 4.69) is 47.1 Å². The third-order valence-corrected chi connectivity index (χ3v) is 5.72. The van der Waals surface area contributed by atoms with Crippen LogP contribution in [0.2, 0.25) is 0 Å². The quantitative estimate of drug-likeness (QED) is 0.436. The van der Waals surface area contributed by atoms with Gasteiger partial charge in [0.1, 0.15) is 5.52 Å². The van der Waals surface area contributed by atoms with Crippen molar-refractivity contribution >= 4 is 16.9 Å². The average Bonchev–Trinajstić information content (AvgIpc) is 3.47. The van der Waals surface area contributed by atoms with Crippen molar-refractivity contribution in [1.82, 2.24) is 24.3 Å². The molecule has 0 amide bonds. The summed E-state index contributed by atoms with van der Waals surface area (Å²) in [5.74, 6) is 0.750. The third-order valence-electron chi connectivity index (χ3n) is 5.72. The largest absolute Gasteiger partial charge is 0.378 e. The van der Waals surface area contributed by atoms with Gasteiger partial charge in [-0.25, -0.2) is 14.6 Å². The molecule has 4 heterocycles. The average molecular weight is 428 g/mol. The highest BCUT2D eigenvalue weighted by Gasteiger charge is 2.20. The van der Waals surface area contributed by atoms with Crippen LogP contribution in [0, 0.1) is 18.3 Å². The van der Waals surface area contributed by atoms with Crippen molar-refractivity contribution in [2.45, 2.75) is 26.3 Å². The minimum absolute atomic E-state index is 0.509. The fraction of sp³-hybridized carbons (Fsp3) is 0.333. The van der Waals surface area contributed by atoms with Crippen LogP contribution < -0.4 is 4.90 Å². The predicted molar refractivity (Wildman–Crippen MR) is 123 cm³/mol. The van der Waals surface area contributed by atoms with Crippen LogP contribution in [0.15, 0.2) is 48.9 Å². The van der Waals surface area contributed by atoms with E-state index < -0.39 is 0 Å². The summed E-state index contributed by atoms with van der Waals surface area (Å²) < 4.78 is 9.41. The second kappa shape index (κ2) is 8.81. The summed E-state index contributed by atoms with van der Waals surface area (Å²) >= 11 is 0. The molecule has 8 heteroatoms. The molecule has 0 bridgehead atoms. The summed E-state index contributed by atoms with van der Waals surface area (Å²) in [7, 11) is 0. The summed E-state index contributed by atoms with van der Waals surface area (Å²) in [4.78, 5) is 11.9. The van der Waals surface area contributed by atoms with E-state index in [0.717, 1.165) is 53.4 Å². The van der Waals surface area contributed by atoms with Gasteiger partial charge in [-0.2, -0.15) is 10.4 Å². The standard InChI is InChI=1S/C24H25N7O/c1-18-5-4-6-19(15-18)20-7-10-31(28-20)22-16-21(29-11-13-32-14-12-29)23-24(27-22)30(17-26-23)9-3-2-8-25/h4-7,10,15-17H,2-3,9,11-14H2,1H3. The van der Waals surface area contributed by atoms with Crippen molar-refractivity contribution in [3.05, 3.63) is 54.5 Å². The Morgan fingerprint density at radius 1 is 1.16 bits per heavy atom. The summed E-state index contributed by atoms with van der Waals surface area (Å²) in [6, 6.07) is 14.6. The van der Waals surface area contributed by atoms with E-state index in [0.29, 0.717) is 26.2 Å². The minimum atomic E-state index is 0.509. The highest BCUT2D eigenvalue weighted by Crippen LogP contribution is 2.29. The van der Waals surface area contributed by atoms with Crippen LogP contribution in [-0.4, -0.2) is 50.6 Å². The molecule has 0 atom stereocenters. The monoisotopic (exact) mass is 427 g/mol. The number of benzene rings is 1. The number of ether oxygens (including phenoxy) is 1. The molecule has 0 aliphatic carbocycles. The molecule has 162 valence electrons. The lowest BCUT2D eigenvalue weighted by Crippen LogP contribution is -2.36. The molecule has 0 saturated carbocycles. The Hall–Kier alpha value is -3.70. The molecule has 1 fully saturated rings. The zero-order valence-corrected chi connectivity index (χ0v) is 18.1. The van der Waals surface area contributed by atoms with Gasteiger partial charge in [0.15, 0.2) is 11.5 Å². The van der Waals surface area contributed by atoms with Crippen LogP contribution in [0.1, 0.15) is 18.4 Å². The van der Waals surface area contributed by atoms with Gasteiger partial charge in [-0.1, -0.05) is 23.8 Å². The lowest BCUT2D eigenvalue weighted by Gasteiger charge is -2.29. The molecule has 5 rings (SSSR count). The predicted octanol–water partition coefficient (Wildman–Crippen LogP) is 3.73. The van der Waals surface area contributed by atoms with Crippen LogP contribution in [0.25, 0.3) is 28.2 Å². The lowest BCUT2D eigenvalue weighted by molar-refractivity contribution is 0.123. The summed E-state index contributed by atoms with van der Waals surface area (Å²) in [6.07, 6.45) is 5.05. The van der Waals surface area contributed by atoms with Gasteiger partial charge in [0, 0.05) is 43.9 Å². The minimum Gasteiger partial charge on any atom is -0.378 e. The molecule has 1 saturated heterocycles. The SMILES string of the molecule is Cc1cccc(-c2ccn(-c3cc(N4CCOCC4)c4ncn(CCCC#N)c4n3)n2)c1. The number of hydrogen-bond donors (Lipinski definition) is 0. The fourth-order valence-electron chi connectivity index (χ4n) is 4.07. The van der Waals surface area contributed by atoms with E-state index >= 15 is 0 Å². The van der Waals surface area contributed by atoms with Crippen molar-refractivity contribution in [2.75, 3.05) is 31.2 Å². The molecule has 0 spiro atoms. The van der Waals surface area contributed by atoms with Gasteiger partial charge < -0.3 is 14.2 Å². The molecule has 0 N–H and O–H groups in total. The Morgan fingerprint density at radius 2 is 2.03 bits per heavy atom. The van der Waals surface area contributed by atoms with Gasteiger partial charge >= 0.3 is 0 Å². The fourth-order valence-corrected chi connectivity index (χ4v) is 4.07. The van der Waals surface area contributed by atoms with E-state index in [-0.39, 0.29) is 0 Å². The number of pyridine rings is 1. The van der Waals surface area contributed by atoms with E-state index in [1.165, 1.54) is 5.56 Å². The molecule has 4 aromatic rings. The van der Waals surface area contributed by atoms with Gasteiger partial charge in [-0.05, 0) is 25.5 Å². The maximum Gasteiger partial charge on any atom is 0.164 e. The number of unbranched alkanes of at least 4 members (excludes halogenated alkanes) is 1. The van der Waals surface area contributed by atoms with E-state index in [1.54, 1.807) is 0 Å². The van der Waals surface area contributed by atoms with Crippen molar-refractivity contribution < 1.29 is 4.74 Å². The van der Waals surface area contributed by atoms with E-state index in [9.17, 15) is 0 Å². The maximum atomic E-state index is 8.91. The van der Waals surface area contributed by atoms with Crippen LogP contribution in [0.3, 0.4) is 0 Å². The Bertz CT molecular complexity index is 1280. The van der Waals surface area contributed by atoms with Crippen LogP contribution >= 0.6 is 0 Å². The molecular weight excluding hydrogens is 402 g/mol. The molecule has 0 radical (unpaired) electrons. The first-order valence-corrected chi connectivity index (χ1v) is 10.9. The number of hydrogen-bond acceptors (Lipinski definition) is 6. The lowest BCUT2D eigenvalue weighted by atomic mass is 10.1. The third kappa shape index (κ3) is 3.95. The van der Waals surface area contributed by atoms with Crippen LogP contribution in [-0.2, 0) is 11.3 Å². The molecular formula is C24H25N7O. The van der Waals surface area contributed by atoms with Crippen molar-refractivity contribution in [3.63, 3.8) is 0 Å². The Morgan fingerprint density at radius 3 is 2.84 bits per heavy atom. The molecule has 1 aliphatic rings. The molecule has 3 aromatic heterocycles. The van der Waals surface area contributed by atoms with Crippen molar-refractivity contribution in [3.8, 4) is 23.1 Å². The van der Waals surface area contributed by atoms with Crippen LogP contribution in [0.4, 0.5) is 5.69 Å². The summed E-state index contributed by atoms with van der Waals surface area (Å²) in [6.45, 7) is 5.80. The van der Waals surface area contributed by atoms with Gasteiger partial charge in [0.25, 0.3) is 0 Å². The number of nitrogens with zero attached hydrogens (tertiary/aromatic N) is 7. The number of aromatic nitrogens is 5. The maximum absolute atomic E-state index is 8.91. The van der Waals surface area contributed by atoms with Crippen LogP contribution in [0.5, 0.6) is 0 Å². The summed E-state index contributed by atoms with van der Waals surface area (Å²) in [5.41, 5.74) is 5.92. The van der Waals surface area contributed by atoms with Crippen molar-refractivity contribution in [1.29, 1.82) is 5.26 Å². The van der Waals surface area contributed by atoms with E-state index in [4.69, 9.17) is 20.1 Å². The van der Waals surface area contributed by atoms with Gasteiger partial charge in [-0.3, -0.25) is 0 Å². The topological polar surface area (TPSA) is 84.8 Å². The Balaban J connectivity index is 1.58. The second-order valence-corrected chi connectivity index (χ2v) is 7.99. The molecule has 32 heavy (non-hydrogen) atoms. The number of fused-ring (bicyclic) bond motifs is 1. The number of anilines is 1. The van der Waals surface area contributed by atoms with Gasteiger partial charge in [-0.15, -0.1) is 0 Å². The highest BCUT2D eigenvalue weighted by atomic mass is 16.5. The molecule has 0 unspecified atom stereocenters. The Kier molecular flexibility index (Phi) is 5.57. The first kappa shape index (κ1) is 20.2. The Labute approximate surface area is 186 Å². The number of aryl methyl sites for hydroxylation is 2. The zero-order chi connectivity index (χ0) is 21.9. The van der Waals surface area contributed by atoms with Gasteiger partial charge in [0.05, 0.1) is 37.0 Å². The number of rotatable bonds is 6. The first-order valence-electron chi connectivity index (χ1n) is 10.9. The molecule has 8 nitrogen and oxygen atoms in total. The highest BCUT2D eigenvalue weighted by molar-refractivity contribution is 5.87. The molecule has 1 aromatic carbocycles. The smallest absolute Gasteiger partial charge is 0.164 e. The second-order valence-electron chi connectivity index (χ2n) is 7.99. The van der Waals surface area contributed by atoms with Crippen molar-refractivity contribution in [2.24, 2.45) is 0 Å². The first-order chi connectivity index (χ1) is 15.7. The number of nitriles is 1.